The summed E-state index contributed by atoms with van der Waals surface area (Å²) in [7, 11) is 1.72. The molecule has 0 unspecified atom stereocenters. The zero-order chi connectivity index (χ0) is 13.7. The van der Waals surface area contributed by atoms with Crippen LogP contribution in [0.5, 0.6) is 0 Å². The molecule has 108 valence electrons. The number of nitrogens with one attached hydrogen (secondary N) is 1. The van der Waals surface area contributed by atoms with Crippen molar-refractivity contribution < 1.29 is 9.53 Å². The van der Waals surface area contributed by atoms with E-state index in [-0.39, 0.29) is 5.41 Å². The summed E-state index contributed by atoms with van der Waals surface area (Å²) in [6, 6.07) is 0. The summed E-state index contributed by atoms with van der Waals surface area (Å²) >= 11 is 0. The van der Waals surface area contributed by atoms with Crippen LogP contribution in [-0.2, 0) is 9.53 Å². The molecule has 2 rings (SSSR count). The molecular weight excluding hydrogens is 240 g/mol. The third-order valence-corrected chi connectivity index (χ3v) is 4.61. The van der Waals surface area contributed by atoms with Gasteiger partial charge in [0, 0.05) is 20.2 Å². The van der Waals surface area contributed by atoms with Crippen molar-refractivity contribution in [2.45, 2.75) is 32.6 Å². The molecule has 1 amide bonds. The molecule has 2 aliphatic rings. The summed E-state index contributed by atoms with van der Waals surface area (Å²) in [5.41, 5.74) is 1.21. The lowest BCUT2D eigenvalue weighted by molar-refractivity contribution is -0.143. The van der Waals surface area contributed by atoms with E-state index in [0.717, 1.165) is 51.9 Å². The molecule has 0 spiro atoms. The van der Waals surface area contributed by atoms with Gasteiger partial charge in [-0.15, -0.1) is 0 Å². The van der Waals surface area contributed by atoms with E-state index in [2.05, 4.69) is 18.3 Å². The van der Waals surface area contributed by atoms with E-state index in [1.165, 1.54) is 5.57 Å². The van der Waals surface area contributed by atoms with Crippen molar-refractivity contribution in [2.75, 3.05) is 39.9 Å². The Morgan fingerprint density at radius 2 is 2.21 bits per heavy atom. The summed E-state index contributed by atoms with van der Waals surface area (Å²) in [5.74, 6) is 0.365. The maximum atomic E-state index is 12.8. The van der Waals surface area contributed by atoms with Crippen LogP contribution >= 0.6 is 0 Å². The first-order chi connectivity index (χ1) is 9.22. The summed E-state index contributed by atoms with van der Waals surface area (Å²) in [6.07, 6.45) is 6.03. The first-order valence-electron chi connectivity index (χ1n) is 7.39. The van der Waals surface area contributed by atoms with Crippen molar-refractivity contribution in [3.05, 3.63) is 11.6 Å². The van der Waals surface area contributed by atoms with Crippen LogP contribution < -0.4 is 5.32 Å². The maximum absolute atomic E-state index is 12.8. The van der Waals surface area contributed by atoms with Crippen LogP contribution in [0.2, 0.25) is 0 Å². The first-order valence-corrected chi connectivity index (χ1v) is 7.39. The average Bonchev–Trinajstić information content (AvgIpc) is 2.48. The van der Waals surface area contributed by atoms with Gasteiger partial charge in [0.05, 0.1) is 12.0 Å². The molecule has 1 N–H and O–H groups in total. The second-order valence-corrected chi connectivity index (χ2v) is 5.68. The van der Waals surface area contributed by atoms with E-state index < -0.39 is 0 Å². The number of rotatable bonds is 4. The van der Waals surface area contributed by atoms with Crippen LogP contribution in [0, 0.1) is 5.41 Å². The minimum atomic E-state index is -0.113. The van der Waals surface area contributed by atoms with Gasteiger partial charge in [-0.3, -0.25) is 4.79 Å². The van der Waals surface area contributed by atoms with Gasteiger partial charge in [-0.05, 0) is 44.3 Å². The Hall–Kier alpha value is -0.870. The fourth-order valence-corrected chi connectivity index (χ4v) is 3.17. The molecule has 19 heavy (non-hydrogen) atoms. The second kappa shape index (κ2) is 6.53. The molecule has 0 aromatic heterocycles. The molecule has 0 atom stereocenters. The molecule has 1 saturated heterocycles. The summed E-state index contributed by atoms with van der Waals surface area (Å²) in [5, 5.41) is 3.36. The third-order valence-electron chi connectivity index (χ3n) is 4.61. The fraction of sp³-hybridized carbons (Fsp3) is 0.800. The second-order valence-electron chi connectivity index (χ2n) is 5.68. The van der Waals surface area contributed by atoms with Crippen molar-refractivity contribution in [1.29, 1.82) is 0 Å². The number of carbonyl (C=O) groups excluding carboxylic acids is 1. The number of methoxy groups -OCH3 is 1. The van der Waals surface area contributed by atoms with Crippen LogP contribution in [0.25, 0.3) is 0 Å². The molecule has 2 aliphatic heterocycles. The zero-order valence-electron chi connectivity index (χ0n) is 12.2. The third kappa shape index (κ3) is 3.18. The Balaban J connectivity index is 2.00. The molecular formula is C15H26N2O2. The van der Waals surface area contributed by atoms with E-state index >= 15 is 0 Å². The number of amides is 1. The lowest BCUT2D eigenvalue weighted by atomic mass is 9.75. The van der Waals surface area contributed by atoms with E-state index in [1.807, 2.05) is 4.90 Å². The number of ether oxygens (including phenoxy) is 1. The van der Waals surface area contributed by atoms with Crippen LogP contribution in [-0.4, -0.2) is 50.7 Å². The van der Waals surface area contributed by atoms with Gasteiger partial charge in [0.1, 0.15) is 0 Å². The van der Waals surface area contributed by atoms with Crippen molar-refractivity contribution in [3.63, 3.8) is 0 Å². The van der Waals surface area contributed by atoms with Crippen molar-refractivity contribution in [3.8, 4) is 0 Å². The monoisotopic (exact) mass is 266 g/mol. The topological polar surface area (TPSA) is 41.6 Å². The minimum absolute atomic E-state index is 0.113. The van der Waals surface area contributed by atoms with E-state index in [9.17, 15) is 4.79 Å². The van der Waals surface area contributed by atoms with Gasteiger partial charge in [-0.25, -0.2) is 0 Å². The van der Waals surface area contributed by atoms with Crippen LogP contribution in [0.1, 0.15) is 32.6 Å². The van der Waals surface area contributed by atoms with E-state index in [0.29, 0.717) is 12.5 Å². The molecule has 4 nitrogen and oxygen atoms in total. The Labute approximate surface area is 116 Å². The standard InChI is InChI=1S/C15H26N2O2/c1-3-15(6-8-16-9-7-15)14(18)17-10-4-13(5-11-17)12-19-2/h4,16H,3,5-12H2,1-2H3. The van der Waals surface area contributed by atoms with Gasteiger partial charge in [-0.1, -0.05) is 13.0 Å². The molecule has 0 radical (unpaired) electrons. The van der Waals surface area contributed by atoms with E-state index in [4.69, 9.17) is 4.74 Å². The minimum Gasteiger partial charge on any atom is -0.380 e. The van der Waals surface area contributed by atoms with Crippen molar-refractivity contribution in [2.24, 2.45) is 5.41 Å². The first kappa shape index (κ1) is 14.5. The molecule has 0 bridgehead atoms. The average molecular weight is 266 g/mol. The summed E-state index contributed by atoms with van der Waals surface area (Å²) < 4.78 is 5.15. The largest absolute Gasteiger partial charge is 0.380 e. The Morgan fingerprint density at radius 3 is 2.74 bits per heavy atom. The highest BCUT2D eigenvalue weighted by Gasteiger charge is 2.40. The lowest BCUT2D eigenvalue weighted by Crippen LogP contribution is -2.50. The Morgan fingerprint density at radius 1 is 1.47 bits per heavy atom. The highest BCUT2D eigenvalue weighted by Crippen LogP contribution is 2.35. The fourth-order valence-electron chi connectivity index (χ4n) is 3.17. The van der Waals surface area contributed by atoms with Crippen molar-refractivity contribution >= 4 is 5.91 Å². The van der Waals surface area contributed by atoms with Gasteiger partial charge in [-0.2, -0.15) is 0 Å². The molecule has 0 aromatic carbocycles. The van der Waals surface area contributed by atoms with Gasteiger partial charge in [0.2, 0.25) is 5.91 Å². The van der Waals surface area contributed by atoms with Crippen LogP contribution in [0.15, 0.2) is 11.6 Å². The lowest BCUT2D eigenvalue weighted by Gasteiger charge is -2.40. The van der Waals surface area contributed by atoms with Crippen LogP contribution in [0.3, 0.4) is 0 Å². The van der Waals surface area contributed by atoms with Gasteiger partial charge < -0.3 is 15.0 Å². The van der Waals surface area contributed by atoms with Crippen LogP contribution in [0.4, 0.5) is 0 Å². The molecule has 0 aromatic rings. The Kier molecular flexibility index (Phi) is 4.99. The molecule has 1 fully saturated rings. The SMILES string of the molecule is CCC1(C(=O)N2CC=C(COC)CC2)CCNCC1. The maximum Gasteiger partial charge on any atom is 0.229 e. The molecule has 0 aliphatic carbocycles. The number of hydrogen-bond acceptors (Lipinski definition) is 3. The highest BCUT2D eigenvalue weighted by atomic mass is 16.5. The smallest absolute Gasteiger partial charge is 0.229 e. The van der Waals surface area contributed by atoms with Gasteiger partial charge in [0.25, 0.3) is 0 Å². The quantitative estimate of drug-likeness (QED) is 0.785. The predicted molar refractivity (Wildman–Crippen MR) is 76.0 cm³/mol. The number of hydrogen-bond donors (Lipinski definition) is 1. The normalized spacial score (nSPS) is 23.1. The number of carbonyl (C=O) groups is 1. The molecule has 2 heterocycles. The van der Waals surface area contributed by atoms with Gasteiger partial charge >= 0.3 is 0 Å². The van der Waals surface area contributed by atoms with E-state index in [1.54, 1.807) is 7.11 Å². The molecule has 4 heteroatoms. The van der Waals surface area contributed by atoms with Gasteiger partial charge in [0.15, 0.2) is 0 Å². The predicted octanol–water partition coefficient (Wildman–Crippen LogP) is 1.57. The molecule has 0 saturated carbocycles. The summed E-state index contributed by atoms with van der Waals surface area (Å²) in [6.45, 7) is 6.40. The summed E-state index contributed by atoms with van der Waals surface area (Å²) in [4.78, 5) is 14.8. The number of nitrogens with zero attached hydrogens (tertiary/aromatic N) is 1. The zero-order valence-corrected chi connectivity index (χ0v) is 12.2. The number of piperidine rings is 1. The van der Waals surface area contributed by atoms with Crippen molar-refractivity contribution in [1.82, 2.24) is 10.2 Å². The Bertz CT molecular complexity index is 346. The highest BCUT2D eigenvalue weighted by molar-refractivity contribution is 5.83.